The van der Waals surface area contributed by atoms with E-state index in [0.29, 0.717) is 0 Å². The first-order chi connectivity index (χ1) is 24.3. The van der Waals surface area contributed by atoms with Crippen molar-refractivity contribution in [1.29, 1.82) is 0 Å². The van der Waals surface area contributed by atoms with Crippen molar-refractivity contribution >= 4 is 21.9 Å². The summed E-state index contributed by atoms with van der Waals surface area (Å²) in [6.45, 7) is 0. The summed E-state index contributed by atoms with van der Waals surface area (Å²) in [5.74, 6) is 0. The van der Waals surface area contributed by atoms with Gasteiger partial charge in [-0.05, 0) is 91.5 Å². The van der Waals surface area contributed by atoms with Crippen molar-refractivity contribution < 1.29 is 4.42 Å². The maximum Gasteiger partial charge on any atom is 0.143 e. The van der Waals surface area contributed by atoms with Gasteiger partial charge in [0.1, 0.15) is 11.2 Å². The van der Waals surface area contributed by atoms with Crippen LogP contribution in [0, 0.1) is 0 Å². The average molecular weight is 625 g/mol. The number of para-hydroxylation sites is 1. The second-order valence-corrected chi connectivity index (χ2v) is 12.5. The van der Waals surface area contributed by atoms with Gasteiger partial charge >= 0.3 is 0 Å². The van der Waals surface area contributed by atoms with Gasteiger partial charge in [-0.2, -0.15) is 0 Å². The molecule has 8 aromatic carbocycles. The van der Waals surface area contributed by atoms with Crippen LogP contribution in [0.4, 0.5) is 0 Å². The molecule has 1 heterocycles. The zero-order chi connectivity index (χ0) is 32.6. The first-order valence-corrected chi connectivity index (χ1v) is 16.7. The van der Waals surface area contributed by atoms with Crippen LogP contribution in [-0.4, -0.2) is 0 Å². The topological polar surface area (TPSA) is 13.1 Å². The minimum atomic E-state index is 0.899. The smallest absolute Gasteiger partial charge is 0.143 e. The molecular formula is C48H32O. The number of rotatable bonds is 6. The number of furan rings is 1. The molecule has 0 bridgehead atoms. The van der Waals surface area contributed by atoms with E-state index in [1.165, 1.54) is 50.1 Å². The summed E-state index contributed by atoms with van der Waals surface area (Å²) < 4.78 is 6.58. The molecule has 9 rings (SSSR count). The standard InChI is InChI=1S/C48H32O/c1-3-11-33(12-4-1)35-21-25-37(26-22-35)39-15-9-17-41(29-39)43-31-45(48-46(32-43)44-19-7-8-20-47(44)49-48)42-18-10-16-40(30-42)38-27-23-36(24-28-38)34-13-5-2-6-14-34/h1-32H. The summed E-state index contributed by atoms with van der Waals surface area (Å²) >= 11 is 0. The van der Waals surface area contributed by atoms with Crippen molar-refractivity contribution in [1.82, 2.24) is 0 Å². The fourth-order valence-electron chi connectivity index (χ4n) is 6.92. The fraction of sp³-hybridized carbons (Fsp3) is 0. The highest BCUT2D eigenvalue weighted by molar-refractivity contribution is 6.11. The summed E-state index contributed by atoms with van der Waals surface area (Å²) in [6.07, 6.45) is 0. The van der Waals surface area contributed by atoms with E-state index in [1.54, 1.807) is 0 Å². The lowest BCUT2D eigenvalue weighted by molar-refractivity contribution is 0.670. The average Bonchev–Trinajstić information content (AvgIpc) is 3.57. The van der Waals surface area contributed by atoms with Gasteiger partial charge in [0.05, 0.1) is 0 Å². The lowest BCUT2D eigenvalue weighted by Crippen LogP contribution is -1.87. The number of hydrogen-bond acceptors (Lipinski definition) is 1. The molecule has 1 nitrogen and oxygen atoms in total. The van der Waals surface area contributed by atoms with Gasteiger partial charge in [0.25, 0.3) is 0 Å². The van der Waals surface area contributed by atoms with Gasteiger partial charge in [0.15, 0.2) is 0 Å². The van der Waals surface area contributed by atoms with E-state index in [1.807, 2.05) is 6.07 Å². The molecule has 0 fully saturated rings. The van der Waals surface area contributed by atoms with Crippen LogP contribution in [0.3, 0.4) is 0 Å². The predicted molar refractivity (Wildman–Crippen MR) is 206 cm³/mol. The van der Waals surface area contributed by atoms with Crippen LogP contribution in [0.15, 0.2) is 199 Å². The third-order valence-electron chi connectivity index (χ3n) is 9.50. The Balaban J connectivity index is 1.13. The highest BCUT2D eigenvalue weighted by atomic mass is 16.3. The predicted octanol–water partition coefficient (Wildman–Crippen LogP) is 13.6. The van der Waals surface area contributed by atoms with Crippen molar-refractivity contribution in [3.05, 3.63) is 194 Å². The molecule has 0 aliphatic rings. The molecule has 0 N–H and O–H groups in total. The lowest BCUT2D eigenvalue weighted by Gasteiger charge is -2.12. The van der Waals surface area contributed by atoms with E-state index >= 15 is 0 Å². The molecule has 0 aliphatic heterocycles. The molecule has 0 saturated carbocycles. The fourth-order valence-corrected chi connectivity index (χ4v) is 6.92. The van der Waals surface area contributed by atoms with E-state index in [2.05, 4.69) is 188 Å². The van der Waals surface area contributed by atoms with E-state index in [0.717, 1.165) is 38.6 Å². The second kappa shape index (κ2) is 12.3. The molecule has 230 valence electrons. The molecular weight excluding hydrogens is 593 g/mol. The number of benzene rings is 8. The van der Waals surface area contributed by atoms with E-state index in [9.17, 15) is 0 Å². The molecule has 49 heavy (non-hydrogen) atoms. The largest absolute Gasteiger partial charge is 0.455 e. The van der Waals surface area contributed by atoms with Crippen molar-refractivity contribution in [2.24, 2.45) is 0 Å². The molecule has 0 amide bonds. The van der Waals surface area contributed by atoms with Gasteiger partial charge in [-0.1, -0.05) is 164 Å². The molecule has 0 saturated heterocycles. The normalized spacial score (nSPS) is 11.3. The van der Waals surface area contributed by atoms with Crippen molar-refractivity contribution in [3.8, 4) is 66.8 Å². The van der Waals surface area contributed by atoms with Crippen LogP contribution in [-0.2, 0) is 0 Å². The quantitative estimate of drug-likeness (QED) is 0.179. The maximum atomic E-state index is 6.58. The zero-order valence-electron chi connectivity index (χ0n) is 26.9. The first kappa shape index (κ1) is 28.8. The zero-order valence-corrected chi connectivity index (χ0v) is 26.9. The van der Waals surface area contributed by atoms with Crippen LogP contribution >= 0.6 is 0 Å². The number of hydrogen-bond donors (Lipinski definition) is 0. The Morgan fingerprint density at radius 1 is 0.245 bits per heavy atom. The van der Waals surface area contributed by atoms with E-state index in [-0.39, 0.29) is 0 Å². The van der Waals surface area contributed by atoms with Crippen LogP contribution in [0.1, 0.15) is 0 Å². The molecule has 0 spiro atoms. The first-order valence-electron chi connectivity index (χ1n) is 16.7. The van der Waals surface area contributed by atoms with Crippen LogP contribution in [0.5, 0.6) is 0 Å². The van der Waals surface area contributed by atoms with Gasteiger partial charge in [-0.3, -0.25) is 0 Å². The van der Waals surface area contributed by atoms with E-state index < -0.39 is 0 Å². The minimum absolute atomic E-state index is 0.899. The van der Waals surface area contributed by atoms with Crippen molar-refractivity contribution in [2.45, 2.75) is 0 Å². The molecule has 1 aromatic heterocycles. The minimum Gasteiger partial charge on any atom is -0.455 e. The summed E-state index contributed by atoms with van der Waals surface area (Å²) in [6, 6.07) is 69.3. The summed E-state index contributed by atoms with van der Waals surface area (Å²) in [7, 11) is 0. The van der Waals surface area contributed by atoms with Crippen molar-refractivity contribution in [2.75, 3.05) is 0 Å². The third-order valence-corrected chi connectivity index (χ3v) is 9.50. The third kappa shape index (κ3) is 5.52. The SMILES string of the molecule is c1ccc(-c2ccc(-c3cccc(-c4cc(-c5cccc(-c6ccc(-c7ccccc7)cc6)c5)c5oc6ccccc6c5c4)c3)cc2)cc1. The van der Waals surface area contributed by atoms with Gasteiger partial charge in [-0.15, -0.1) is 0 Å². The van der Waals surface area contributed by atoms with Crippen LogP contribution < -0.4 is 0 Å². The molecule has 9 aromatic rings. The van der Waals surface area contributed by atoms with Gasteiger partial charge in [-0.25, -0.2) is 0 Å². The molecule has 1 heteroatoms. The van der Waals surface area contributed by atoms with Gasteiger partial charge in [0, 0.05) is 16.3 Å². The van der Waals surface area contributed by atoms with Crippen molar-refractivity contribution in [3.63, 3.8) is 0 Å². The molecule has 0 aliphatic carbocycles. The van der Waals surface area contributed by atoms with Crippen LogP contribution in [0.2, 0.25) is 0 Å². The molecule has 0 radical (unpaired) electrons. The molecule has 0 unspecified atom stereocenters. The Hall–Kier alpha value is -6.44. The Labute approximate surface area is 286 Å². The lowest BCUT2D eigenvalue weighted by atomic mass is 9.92. The monoisotopic (exact) mass is 624 g/mol. The molecule has 0 atom stereocenters. The van der Waals surface area contributed by atoms with E-state index in [4.69, 9.17) is 4.42 Å². The van der Waals surface area contributed by atoms with Gasteiger partial charge in [0.2, 0.25) is 0 Å². The Morgan fingerprint density at radius 3 is 1.22 bits per heavy atom. The summed E-state index contributed by atoms with van der Waals surface area (Å²) in [5.41, 5.74) is 16.0. The van der Waals surface area contributed by atoms with Gasteiger partial charge < -0.3 is 4.42 Å². The maximum absolute atomic E-state index is 6.58. The highest BCUT2D eigenvalue weighted by Crippen LogP contribution is 2.41. The Kier molecular flexibility index (Phi) is 7.22. The second-order valence-electron chi connectivity index (χ2n) is 12.5. The summed E-state index contributed by atoms with van der Waals surface area (Å²) in [5, 5.41) is 2.25. The van der Waals surface area contributed by atoms with Crippen LogP contribution in [0.25, 0.3) is 88.7 Å². The summed E-state index contributed by atoms with van der Waals surface area (Å²) in [4.78, 5) is 0. The number of fused-ring (bicyclic) bond motifs is 3. The Morgan fingerprint density at radius 2 is 0.653 bits per heavy atom. The Bertz CT molecular complexity index is 2560. The highest BCUT2D eigenvalue weighted by Gasteiger charge is 2.16.